The van der Waals surface area contributed by atoms with Crippen molar-refractivity contribution in [1.29, 1.82) is 0 Å². The Hall–Kier alpha value is -2.36. The van der Waals surface area contributed by atoms with Gasteiger partial charge in [0.05, 0.1) is 6.04 Å². The van der Waals surface area contributed by atoms with E-state index in [1.807, 2.05) is 13.0 Å². The van der Waals surface area contributed by atoms with Crippen LogP contribution in [-0.4, -0.2) is 18.6 Å². The second-order valence-corrected chi connectivity index (χ2v) is 6.37. The average Bonchev–Trinajstić information content (AvgIpc) is 2.97. The van der Waals surface area contributed by atoms with Crippen LogP contribution >= 0.6 is 0 Å². The van der Waals surface area contributed by atoms with E-state index in [-0.39, 0.29) is 17.8 Å². The van der Waals surface area contributed by atoms with E-state index in [0.29, 0.717) is 24.7 Å². The minimum absolute atomic E-state index is 0.0481. The van der Waals surface area contributed by atoms with Crippen molar-refractivity contribution in [3.05, 3.63) is 65.5 Å². The normalized spacial score (nSPS) is 17.2. The second kappa shape index (κ2) is 7.47. The Morgan fingerprint density at radius 1 is 1.25 bits per heavy atom. The summed E-state index contributed by atoms with van der Waals surface area (Å²) in [4.78, 5) is 12.3. The molecule has 0 bridgehead atoms. The molecule has 0 aromatic heterocycles. The minimum Gasteiger partial charge on any atom is -0.491 e. The van der Waals surface area contributed by atoms with E-state index in [9.17, 15) is 9.18 Å². The van der Waals surface area contributed by atoms with Crippen LogP contribution in [0.2, 0.25) is 0 Å². The van der Waals surface area contributed by atoms with Gasteiger partial charge in [0.2, 0.25) is 5.91 Å². The lowest BCUT2D eigenvalue weighted by Gasteiger charge is -2.17. The molecule has 0 heterocycles. The van der Waals surface area contributed by atoms with E-state index >= 15 is 0 Å². The molecule has 3 rings (SSSR count). The predicted molar refractivity (Wildman–Crippen MR) is 91.6 cm³/mol. The van der Waals surface area contributed by atoms with Crippen molar-refractivity contribution in [3.8, 4) is 5.75 Å². The molecule has 4 heteroatoms. The van der Waals surface area contributed by atoms with Crippen LogP contribution in [0.15, 0.2) is 48.5 Å². The summed E-state index contributed by atoms with van der Waals surface area (Å²) in [5.74, 6) is 0.668. The number of amides is 1. The summed E-state index contributed by atoms with van der Waals surface area (Å²) >= 11 is 0. The minimum atomic E-state index is -0.291. The molecule has 24 heavy (non-hydrogen) atoms. The van der Waals surface area contributed by atoms with Crippen molar-refractivity contribution in [2.45, 2.75) is 38.1 Å². The standard InChI is InChI=1S/C20H22FNO2/c1-14(13-24-18-10-8-17(21)9-11-18)22-20(23)12-16-7-6-15-4-2-3-5-19(15)16/h2-5,8-11,14,16H,6-7,12-13H2,1H3,(H,22,23). The first-order valence-electron chi connectivity index (χ1n) is 8.37. The van der Waals surface area contributed by atoms with Gasteiger partial charge in [0, 0.05) is 6.42 Å². The highest BCUT2D eigenvalue weighted by Gasteiger charge is 2.24. The first-order valence-corrected chi connectivity index (χ1v) is 8.37. The van der Waals surface area contributed by atoms with Crippen molar-refractivity contribution in [2.24, 2.45) is 0 Å². The fourth-order valence-electron chi connectivity index (χ4n) is 3.21. The summed E-state index contributed by atoms with van der Waals surface area (Å²) in [5.41, 5.74) is 2.67. The molecule has 0 spiro atoms. The summed E-state index contributed by atoms with van der Waals surface area (Å²) in [5, 5.41) is 2.98. The van der Waals surface area contributed by atoms with Crippen LogP contribution in [0.25, 0.3) is 0 Å². The molecule has 2 atom stereocenters. The Labute approximate surface area is 141 Å². The summed E-state index contributed by atoms with van der Waals surface area (Å²) in [7, 11) is 0. The number of ether oxygens (including phenoxy) is 1. The number of fused-ring (bicyclic) bond motifs is 1. The third kappa shape index (κ3) is 4.13. The van der Waals surface area contributed by atoms with Crippen molar-refractivity contribution < 1.29 is 13.9 Å². The molecule has 0 radical (unpaired) electrons. The van der Waals surface area contributed by atoms with Gasteiger partial charge in [-0.25, -0.2) is 4.39 Å². The zero-order valence-corrected chi connectivity index (χ0v) is 13.8. The molecular formula is C20H22FNO2. The molecule has 0 saturated heterocycles. The third-order valence-electron chi connectivity index (χ3n) is 4.41. The highest BCUT2D eigenvalue weighted by molar-refractivity contribution is 5.77. The van der Waals surface area contributed by atoms with Crippen molar-refractivity contribution in [1.82, 2.24) is 5.32 Å². The summed E-state index contributed by atoms with van der Waals surface area (Å²) in [6.07, 6.45) is 2.60. The maximum absolute atomic E-state index is 12.8. The molecule has 2 unspecified atom stereocenters. The van der Waals surface area contributed by atoms with Gasteiger partial charge in [-0.1, -0.05) is 24.3 Å². The van der Waals surface area contributed by atoms with Gasteiger partial charge in [0.1, 0.15) is 18.2 Å². The smallest absolute Gasteiger partial charge is 0.220 e. The molecule has 126 valence electrons. The van der Waals surface area contributed by atoms with Gasteiger partial charge in [0.15, 0.2) is 0 Å². The average molecular weight is 327 g/mol. The number of nitrogens with one attached hydrogen (secondary N) is 1. The molecule has 0 aliphatic heterocycles. The fourth-order valence-corrected chi connectivity index (χ4v) is 3.21. The van der Waals surface area contributed by atoms with E-state index in [1.165, 1.54) is 23.3 Å². The second-order valence-electron chi connectivity index (χ2n) is 6.37. The topological polar surface area (TPSA) is 38.3 Å². The lowest BCUT2D eigenvalue weighted by Crippen LogP contribution is -2.37. The van der Waals surface area contributed by atoms with Crippen molar-refractivity contribution in [2.75, 3.05) is 6.61 Å². The van der Waals surface area contributed by atoms with Crippen molar-refractivity contribution in [3.63, 3.8) is 0 Å². The molecule has 0 saturated carbocycles. The third-order valence-corrected chi connectivity index (χ3v) is 4.41. The Kier molecular flexibility index (Phi) is 5.14. The first-order chi connectivity index (χ1) is 11.6. The number of halogens is 1. The number of benzene rings is 2. The summed E-state index contributed by atoms with van der Waals surface area (Å²) in [6.45, 7) is 2.27. The molecule has 3 nitrogen and oxygen atoms in total. The molecule has 2 aromatic rings. The number of hydrogen-bond acceptors (Lipinski definition) is 2. The Balaban J connectivity index is 1.46. The quantitative estimate of drug-likeness (QED) is 0.876. The summed E-state index contributed by atoms with van der Waals surface area (Å²) < 4.78 is 18.4. The summed E-state index contributed by atoms with van der Waals surface area (Å²) in [6, 6.07) is 14.1. The lowest BCUT2D eigenvalue weighted by atomic mass is 9.97. The van der Waals surface area contributed by atoms with Gasteiger partial charge in [-0.05, 0) is 61.1 Å². The van der Waals surface area contributed by atoms with Crippen LogP contribution in [-0.2, 0) is 11.2 Å². The molecule has 1 amide bonds. The zero-order chi connectivity index (χ0) is 16.9. The number of rotatable bonds is 6. The Bertz CT molecular complexity index is 699. The lowest BCUT2D eigenvalue weighted by molar-refractivity contribution is -0.122. The Morgan fingerprint density at radius 2 is 2.00 bits per heavy atom. The maximum atomic E-state index is 12.8. The maximum Gasteiger partial charge on any atom is 0.220 e. The molecule has 1 N–H and O–H groups in total. The van der Waals surface area contributed by atoms with E-state index in [1.54, 1.807) is 12.1 Å². The molecule has 1 aliphatic rings. The Morgan fingerprint density at radius 3 is 2.79 bits per heavy atom. The van der Waals surface area contributed by atoms with Gasteiger partial charge in [-0.2, -0.15) is 0 Å². The van der Waals surface area contributed by atoms with Crippen LogP contribution in [0.4, 0.5) is 4.39 Å². The highest BCUT2D eigenvalue weighted by atomic mass is 19.1. The van der Waals surface area contributed by atoms with Crippen LogP contribution in [0, 0.1) is 5.82 Å². The predicted octanol–water partition coefficient (Wildman–Crippen LogP) is 3.83. The van der Waals surface area contributed by atoms with Crippen molar-refractivity contribution >= 4 is 5.91 Å². The van der Waals surface area contributed by atoms with Crippen LogP contribution in [0.1, 0.15) is 36.8 Å². The van der Waals surface area contributed by atoms with Crippen LogP contribution in [0.3, 0.4) is 0 Å². The van der Waals surface area contributed by atoms with Gasteiger partial charge in [0.25, 0.3) is 0 Å². The first kappa shape index (κ1) is 16.5. The molecule has 1 aliphatic carbocycles. The molecular weight excluding hydrogens is 305 g/mol. The van der Waals surface area contributed by atoms with E-state index < -0.39 is 0 Å². The molecule has 0 fully saturated rings. The van der Waals surface area contributed by atoms with Gasteiger partial charge >= 0.3 is 0 Å². The van der Waals surface area contributed by atoms with Crippen LogP contribution < -0.4 is 10.1 Å². The fraction of sp³-hybridized carbons (Fsp3) is 0.350. The highest BCUT2D eigenvalue weighted by Crippen LogP contribution is 2.35. The largest absolute Gasteiger partial charge is 0.491 e. The van der Waals surface area contributed by atoms with E-state index in [4.69, 9.17) is 4.74 Å². The van der Waals surface area contributed by atoms with Gasteiger partial charge in [-0.3, -0.25) is 4.79 Å². The van der Waals surface area contributed by atoms with Crippen LogP contribution in [0.5, 0.6) is 5.75 Å². The number of carbonyl (C=O) groups excluding carboxylic acids is 1. The number of aryl methyl sites for hydroxylation is 1. The zero-order valence-electron chi connectivity index (χ0n) is 13.8. The number of carbonyl (C=O) groups is 1. The molecule has 2 aromatic carbocycles. The number of hydrogen-bond donors (Lipinski definition) is 1. The monoisotopic (exact) mass is 327 g/mol. The van der Waals surface area contributed by atoms with Gasteiger partial charge < -0.3 is 10.1 Å². The SMILES string of the molecule is CC(COc1ccc(F)cc1)NC(=O)CC1CCc2ccccc21. The van der Waals surface area contributed by atoms with Gasteiger partial charge in [-0.15, -0.1) is 0 Å². The van der Waals surface area contributed by atoms with E-state index in [0.717, 1.165) is 12.8 Å². The van der Waals surface area contributed by atoms with E-state index in [2.05, 4.69) is 23.5 Å².